The molecule has 2 rings (SSSR count). The van der Waals surface area contributed by atoms with Crippen LogP contribution in [0.3, 0.4) is 0 Å². The maximum atomic E-state index is 10.7. The first-order valence-electron chi connectivity index (χ1n) is 4.93. The summed E-state index contributed by atoms with van der Waals surface area (Å²) in [4.78, 5) is 10.7. The van der Waals surface area contributed by atoms with E-state index in [4.69, 9.17) is 5.11 Å². The Morgan fingerprint density at radius 2 is 2.27 bits per heavy atom. The molecule has 1 aromatic rings. The number of aromatic carboxylic acids is 1. The van der Waals surface area contributed by atoms with Gasteiger partial charge in [-0.25, -0.2) is 4.79 Å². The van der Waals surface area contributed by atoms with Gasteiger partial charge in [0.25, 0.3) is 0 Å². The number of carbonyl (C=O) groups is 1. The summed E-state index contributed by atoms with van der Waals surface area (Å²) in [5.74, 6) is -0.0968. The van der Waals surface area contributed by atoms with Crippen molar-refractivity contribution < 1.29 is 9.90 Å². The van der Waals surface area contributed by atoms with Gasteiger partial charge in [0.1, 0.15) is 0 Å². The van der Waals surface area contributed by atoms with E-state index in [1.54, 1.807) is 18.2 Å². The number of carboxylic acids is 1. The first kappa shape index (κ1) is 10.5. The predicted molar refractivity (Wildman–Crippen MR) is 62.3 cm³/mol. The molecule has 80 valence electrons. The van der Waals surface area contributed by atoms with Gasteiger partial charge in [0.15, 0.2) is 0 Å². The lowest BCUT2D eigenvalue weighted by Crippen LogP contribution is -2.04. The second-order valence-electron chi connectivity index (χ2n) is 3.82. The minimum absolute atomic E-state index is 0.304. The van der Waals surface area contributed by atoms with Crippen LogP contribution in [0.1, 0.15) is 23.2 Å². The van der Waals surface area contributed by atoms with Crippen LogP contribution in [0, 0.1) is 5.92 Å². The molecule has 1 fully saturated rings. The van der Waals surface area contributed by atoms with Crippen LogP contribution in [0.2, 0.25) is 0 Å². The predicted octanol–water partition coefficient (Wildman–Crippen LogP) is 2.97. The van der Waals surface area contributed by atoms with E-state index in [2.05, 4.69) is 21.2 Å². The van der Waals surface area contributed by atoms with Gasteiger partial charge in [-0.05, 0) is 52.9 Å². The SMILES string of the molecule is O=C(O)c1ccc(NCC2CC2)c(Br)c1. The third kappa shape index (κ3) is 2.72. The van der Waals surface area contributed by atoms with Crippen LogP contribution in [-0.4, -0.2) is 17.6 Å². The highest BCUT2D eigenvalue weighted by Gasteiger charge is 2.20. The normalized spacial score (nSPS) is 15.0. The van der Waals surface area contributed by atoms with Gasteiger partial charge in [-0.15, -0.1) is 0 Å². The first-order chi connectivity index (χ1) is 7.16. The minimum atomic E-state index is -0.899. The van der Waals surface area contributed by atoms with Gasteiger partial charge < -0.3 is 10.4 Å². The smallest absolute Gasteiger partial charge is 0.335 e. The molecule has 3 nitrogen and oxygen atoms in total. The Labute approximate surface area is 96.6 Å². The Morgan fingerprint density at radius 1 is 1.53 bits per heavy atom. The highest BCUT2D eigenvalue weighted by atomic mass is 79.9. The fraction of sp³-hybridized carbons (Fsp3) is 0.364. The molecule has 0 spiro atoms. The van der Waals surface area contributed by atoms with E-state index in [9.17, 15) is 4.79 Å². The van der Waals surface area contributed by atoms with Crippen molar-refractivity contribution in [1.29, 1.82) is 0 Å². The average Bonchev–Trinajstić information content (AvgIpc) is 2.99. The molecule has 0 heterocycles. The average molecular weight is 270 g/mol. The zero-order valence-corrected chi connectivity index (χ0v) is 9.75. The molecule has 1 aliphatic carbocycles. The van der Waals surface area contributed by atoms with E-state index in [1.807, 2.05) is 0 Å². The van der Waals surface area contributed by atoms with Gasteiger partial charge in [-0.2, -0.15) is 0 Å². The number of hydrogen-bond donors (Lipinski definition) is 2. The molecule has 1 aromatic carbocycles. The Bertz CT molecular complexity index is 388. The quantitative estimate of drug-likeness (QED) is 0.884. The highest BCUT2D eigenvalue weighted by Crippen LogP contribution is 2.30. The molecular formula is C11H12BrNO2. The molecular weight excluding hydrogens is 258 g/mol. The van der Waals surface area contributed by atoms with Crippen LogP contribution >= 0.6 is 15.9 Å². The molecule has 2 N–H and O–H groups in total. The summed E-state index contributed by atoms with van der Waals surface area (Å²) in [6, 6.07) is 5.04. The van der Waals surface area contributed by atoms with E-state index in [-0.39, 0.29) is 0 Å². The summed E-state index contributed by atoms with van der Waals surface area (Å²) in [6.07, 6.45) is 2.61. The summed E-state index contributed by atoms with van der Waals surface area (Å²) >= 11 is 3.36. The second kappa shape index (κ2) is 4.23. The lowest BCUT2D eigenvalue weighted by Gasteiger charge is -2.08. The van der Waals surface area contributed by atoms with Crippen molar-refractivity contribution >= 4 is 27.6 Å². The maximum Gasteiger partial charge on any atom is 0.335 e. The van der Waals surface area contributed by atoms with E-state index in [0.717, 1.165) is 22.6 Å². The maximum absolute atomic E-state index is 10.7. The van der Waals surface area contributed by atoms with E-state index in [0.29, 0.717) is 5.56 Å². The molecule has 0 aromatic heterocycles. The number of nitrogens with one attached hydrogen (secondary N) is 1. The first-order valence-corrected chi connectivity index (χ1v) is 5.73. The van der Waals surface area contributed by atoms with E-state index in [1.165, 1.54) is 12.8 Å². The Balaban J connectivity index is 2.07. The summed E-state index contributed by atoms with van der Waals surface area (Å²) in [5.41, 5.74) is 1.27. The fourth-order valence-corrected chi connectivity index (χ4v) is 1.89. The second-order valence-corrected chi connectivity index (χ2v) is 4.68. The van der Waals surface area contributed by atoms with Crippen molar-refractivity contribution in [2.75, 3.05) is 11.9 Å². The van der Waals surface area contributed by atoms with Crippen molar-refractivity contribution in [3.8, 4) is 0 Å². The van der Waals surface area contributed by atoms with Crippen molar-refractivity contribution in [1.82, 2.24) is 0 Å². The molecule has 0 saturated heterocycles. The van der Waals surface area contributed by atoms with Gasteiger partial charge in [-0.1, -0.05) is 0 Å². The lowest BCUT2D eigenvalue weighted by molar-refractivity contribution is 0.0697. The molecule has 0 atom stereocenters. The summed E-state index contributed by atoms with van der Waals surface area (Å²) < 4.78 is 0.808. The molecule has 0 unspecified atom stereocenters. The third-order valence-corrected chi connectivity index (χ3v) is 3.15. The summed E-state index contributed by atoms with van der Waals surface area (Å²) in [5, 5.41) is 12.1. The number of benzene rings is 1. The highest BCUT2D eigenvalue weighted by molar-refractivity contribution is 9.10. The van der Waals surface area contributed by atoms with E-state index < -0.39 is 5.97 Å². The molecule has 15 heavy (non-hydrogen) atoms. The van der Waals surface area contributed by atoms with Crippen LogP contribution in [-0.2, 0) is 0 Å². The molecule has 0 amide bonds. The third-order valence-electron chi connectivity index (χ3n) is 2.49. The van der Waals surface area contributed by atoms with Crippen LogP contribution in [0.15, 0.2) is 22.7 Å². The number of anilines is 1. The Kier molecular flexibility index (Phi) is 2.95. The number of rotatable bonds is 4. The molecule has 0 bridgehead atoms. The van der Waals surface area contributed by atoms with Crippen molar-refractivity contribution in [2.24, 2.45) is 5.92 Å². The van der Waals surface area contributed by atoms with Crippen LogP contribution in [0.5, 0.6) is 0 Å². The fourth-order valence-electron chi connectivity index (χ4n) is 1.37. The number of halogens is 1. The van der Waals surface area contributed by atoms with Gasteiger partial charge in [0, 0.05) is 16.7 Å². The van der Waals surface area contributed by atoms with Crippen molar-refractivity contribution in [2.45, 2.75) is 12.8 Å². The molecule has 0 aliphatic heterocycles. The molecule has 4 heteroatoms. The largest absolute Gasteiger partial charge is 0.478 e. The molecule has 0 radical (unpaired) electrons. The summed E-state index contributed by atoms with van der Waals surface area (Å²) in [6.45, 7) is 0.977. The zero-order valence-electron chi connectivity index (χ0n) is 8.16. The van der Waals surface area contributed by atoms with Crippen LogP contribution in [0.4, 0.5) is 5.69 Å². The Morgan fingerprint density at radius 3 is 2.80 bits per heavy atom. The monoisotopic (exact) mass is 269 g/mol. The van der Waals surface area contributed by atoms with Crippen LogP contribution < -0.4 is 5.32 Å². The standard InChI is InChI=1S/C11H12BrNO2/c12-9-5-8(11(14)15)3-4-10(9)13-6-7-1-2-7/h3-5,7,13H,1-2,6H2,(H,14,15). The number of hydrogen-bond acceptors (Lipinski definition) is 2. The van der Waals surface area contributed by atoms with E-state index >= 15 is 0 Å². The van der Waals surface area contributed by atoms with Gasteiger partial charge >= 0.3 is 5.97 Å². The van der Waals surface area contributed by atoms with Crippen LogP contribution in [0.25, 0.3) is 0 Å². The zero-order chi connectivity index (χ0) is 10.8. The van der Waals surface area contributed by atoms with Gasteiger partial charge in [0.05, 0.1) is 5.56 Å². The lowest BCUT2D eigenvalue weighted by atomic mass is 10.2. The summed E-state index contributed by atoms with van der Waals surface area (Å²) in [7, 11) is 0. The Hall–Kier alpha value is -1.03. The number of carboxylic acid groups (broad SMARTS) is 1. The topological polar surface area (TPSA) is 49.3 Å². The molecule has 1 aliphatic rings. The van der Waals surface area contributed by atoms with Gasteiger partial charge in [0.2, 0.25) is 0 Å². The van der Waals surface area contributed by atoms with Gasteiger partial charge in [-0.3, -0.25) is 0 Å². The van der Waals surface area contributed by atoms with Crippen molar-refractivity contribution in [3.63, 3.8) is 0 Å². The minimum Gasteiger partial charge on any atom is -0.478 e. The molecule has 1 saturated carbocycles. The van der Waals surface area contributed by atoms with Crippen molar-refractivity contribution in [3.05, 3.63) is 28.2 Å².